The normalized spacial score (nSPS) is 31.1. The number of hydrogen-bond acceptors (Lipinski definition) is 2. The second-order valence-electron chi connectivity index (χ2n) is 5.84. The van der Waals surface area contributed by atoms with Gasteiger partial charge in [-0.1, -0.05) is 34.1 Å². The third-order valence-corrected chi connectivity index (χ3v) is 4.66. The zero-order valence-corrected chi connectivity index (χ0v) is 12.6. The zero-order valence-electron chi connectivity index (χ0n) is 12.6. The summed E-state index contributed by atoms with van der Waals surface area (Å²) < 4.78 is 0. The van der Waals surface area contributed by atoms with Gasteiger partial charge in [-0.3, -0.25) is 4.90 Å². The van der Waals surface area contributed by atoms with Gasteiger partial charge in [0.05, 0.1) is 0 Å². The molecular formula is C15H32N2. The molecule has 2 nitrogen and oxygen atoms in total. The molecule has 2 unspecified atom stereocenters. The van der Waals surface area contributed by atoms with E-state index in [9.17, 15) is 0 Å². The van der Waals surface area contributed by atoms with E-state index in [1.807, 2.05) is 0 Å². The van der Waals surface area contributed by atoms with Crippen molar-refractivity contribution in [1.82, 2.24) is 10.2 Å². The Kier molecular flexibility index (Phi) is 5.94. The van der Waals surface area contributed by atoms with Crippen molar-refractivity contribution < 1.29 is 0 Å². The van der Waals surface area contributed by atoms with Crippen LogP contribution in [0.1, 0.15) is 66.7 Å². The molecule has 0 radical (unpaired) electrons. The number of nitrogens with one attached hydrogen (secondary N) is 1. The molecule has 0 bridgehead atoms. The van der Waals surface area contributed by atoms with E-state index in [2.05, 4.69) is 44.8 Å². The van der Waals surface area contributed by atoms with E-state index in [4.69, 9.17) is 0 Å². The zero-order chi connectivity index (χ0) is 12.9. The average molecular weight is 240 g/mol. The van der Waals surface area contributed by atoms with Gasteiger partial charge in [0.2, 0.25) is 0 Å². The maximum Gasteiger partial charge on any atom is 0.0306 e. The highest BCUT2D eigenvalue weighted by Gasteiger charge is 2.38. The lowest BCUT2D eigenvalue weighted by molar-refractivity contribution is 0.00563. The van der Waals surface area contributed by atoms with E-state index >= 15 is 0 Å². The Morgan fingerprint density at radius 1 is 1.24 bits per heavy atom. The van der Waals surface area contributed by atoms with Crippen LogP contribution in [0, 0.1) is 0 Å². The maximum absolute atomic E-state index is 3.75. The minimum atomic E-state index is 0.362. The van der Waals surface area contributed by atoms with Gasteiger partial charge in [-0.05, 0) is 32.6 Å². The number of piperazine rings is 1. The minimum absolute atomic E-state index is 0.362. The molecule has 0 aromatic heterocycles. The summed E-state index contributed by atoms with van der Waals surface area (Å²) in [5.74, 6) is 0. The molecule has 0 spiro atoms. The summed E-state index contributed by atoms with van der Waals surface area (Å²) in [7, 11) is 0. The molecule has 0 amide bonds. The third-order valence-electron chi connectivity index (χ3n) is 4.66. The van der Waals surface area contributed by atoms with Crippen LogP contribution in [0.5, 0.6) is 0 Å². The first-order valence-electron chi connectivity index (χ1n) is 7.61. The molecule has 17 heavy (non-hydrogen) atoms. The van der Waals surface area contributed by atoms with Crippen LogP contribution >= 0.6 is 0 Å². The molecule has 1 heterocycles. The van der Waals surface area contributed by atoms with Crippen LogP contribution in [0.2, 0.25) is 0 Å². The Balaban J connectivity index is 2.75. The van der Waals surface area contributed by atoms with E-state index in [-0.39, 0.29) is 0 Å². The molecule has 1 aliphatic rings. The fourth-order valence-electron chi connectivity index (χ4n) is 3.18. The second-order valence-corrected chi connectivity index (χ2v) is 5.84. The van der Waals surface area contributed by atoms with Gasteiger partial charge in [-0.25, -0.2) is 0 Å². The fourth-order valence-corrected chi connectivity index (χ4v) is 3.18. The van der Waals surface area contributed by atoms with Crippen molar-refractivity contribution in [3.05, 3.63) is 0 Å². The van der Waals surface area contributed by atoms with Crippen LogP contribution < -0.4 is 5.32 Å². The second kappa shape index (κ2) is 6.75. The predicted octanol–water partition coefficient (Wildman–Crippen LogP) is 3.42. The summed E-state index contributed by atoms with van der Waals surface area (Å²) in [6.07, 6.45) is 6.42. The van der Waals surface area contributed by atoms with Crippen LogP contribution in [0.4, 0.5) is 0 Å². The van der Waals surface area contributed by atoms with E-state index < -0.39 is 0 Å². The van der Waals surface area contributed by atoms with Crippen LogP contribution in [0.25, 0.3) is 0 Å². The van der Waals surface area contributed by atoms with Gasteiger partial charge in [-0.15, -0.1) is 0 Å². The third kappa shape index (κ3) is 3.45. The molecule has 0 aliphatic carbocycles. The maximum atomic E-state index is 3.75. The molecule has 1 aliphatic heterocycles. The Bertz CT molecular complexity index is 213. The van der Waals surface area contributed by atoms with Gasteiger partial charge in [-0.2, -0.15) is 0 Å². The van der Waals surface area contributed by atoms with Gasteiger partial charge in [0.1, 0.15) is 0 Å². The lowest BCUT2D eigenvalue weighted by atomic mass is 9.88. The van der Waals surface area contributed by atoms with Crippen molar-refractivity contribution in [2.45, 2.75) is 84.3 Å². The summed E-state index contributed by atoms with van der Waals surface area (Å²) in [4.78, 5) is 2.80. The lowest BCUT2D eigenvalue weighted by Crippen LogP contribution is -2.65. The molecule has 102 valence electrons. The lowest BCUT2D eigenvalue weighted by Gasteiger charge is -2.51. The summed E-state index contributed by atoms with van der Waals surface area (Å²) in [6, 6.07) is 1.47. The summed E-state index contributed by atoms with van der Waals surface area (Å²) >= 11 is 0. The van der Waals surface area contributed by atoms with Crippen LogP contribution in [-0.2, 0) is 0 Å². The first kappa shape index (κ1) is 15.0. The standard InChI is InChI=1S/C15H32N2/c1-6-10-13-11-17(14(7-2)8-3)15(5,9-4)12-16-13/h13-14,16H,6-12H2,1-5H3. The van der Waals surface area contributed by atoms with Crippen molar-refractivity contribution >= 4 is 0 Å². The molecule has 2 heteroatoms. The Hall–Kier alpha value is -0.0800. The average Bonchev–Trinajstić information content (AvgIpc) is 2.35. The number of hydrogen-bond donors (Lipinski definition) is 1. The molecular weight excluding hydrogens is 208 g/mol. The molecule has 0 aromatic carbocycles. The molecule has 0 saturated carbocycles. The van der Waals surface area contributed by atoms with Crippen LogP contribution in [-0.4, -0.2) is 35.6 Å². The molecule has 1 fully saturated rings. The van der Waals surface area contributed by atoms with Crippen molar-refractivity contribution in [3.63, 3.8) is 0 Å². The van der Waals surface area contributed by atoms with Gasteiger partial charge in [0.25, 0.3) is 0 Å². The van der Waals surface area contributed by atoms with E-state index in [0.717, 1.165) is 12.6 Å². The Labute approximate surface area is 108 Å². The first-order chi connectivity index (χ1) is 8.11. The van der Waals surface area contributed by atoms with Gasteiger partial charge >= 0.3 is 0 Å². The highest BCUT2D eigenvalue weighted by atomic mass is 15.3. The quantitative estimate of drug-likeness (QED) is 0.765. The molecule has 1 saturated heterocycles. The summed E-state index contributed by atoms with van der Waals surface area (Å²) in [5.41, 5.74) is 0.362. The van der Waals surface area contributed by atoms with Crippen molar-refractivity contribution in [2.75, 3.05) is 13.1 Å². The highest BCUT2D eigenvalue weighted by Crippen LogP contribution is 2.28. The predicted molar refractivity (Wildman–Crippen MR) is 76.5 cm³/mol. The van der Waals surface area contributed by atoms with Gasteiger partial charge < -0.3 is 5.32 Å². The SMILES string of the molecule is CCCC1CN(C(CC)CC)C(C)(CC)CN1. The molecule has 0 aromatic rings. The smallest absolute Gasteiger partial charge is 0.0306 e. The largest absolute Gasteiger partial charge is 0.311 e. The number of rotatable bonds is 6. The van der Waals surface area contributed by atoms with Crippen LogP contribution in [0.3, 0.4) is 0 Å². The first-order valence-corrected chi connectivity index (χ1v) is 7.61. The molecule has 1 N–H and O–H groups in total. The van der Waals surface area contributed by atoms with Gasteiger partial charge in [0, 0.05) is 30.7 Å². The van der Waals surface area contributed by atoms with E-state index in [1.54, 1.807) is 0 Å². The van der Waals surface area contributed by atoms with E-state index in [1.165, 1.54) is 38.6 Å². The minimum Gasteiger partial charge on any atom is -0.311 e. The molecule has 1 rings (SSSR count). The molecule has 2 atom stereocenters. The highest BCUT2D eigenvalue weighted by molar-refractivity contribution is 4.97. The Morgan fingerprint density at radius 2 is 1.88 bits per heavy atom. The topological polar surface area (TPSA) is 15.3 Å². The summed E-state index contributed by atoms with van der Waals surface area (Å²) in [5, 5.41) is 3.75. The Morgan fingerprint density at radius 3 is 2.35 bits per heavy atom. The van der Waals surface area contributed by atoms with Crippen molar-refractivity contribution in [2.24, 2.45) is 0 Å². The van der Waals surface area contributed by atoms with Gasteiger partial charge in [0.15, 0.2) is 0 Å². The summed E-state index contributed by atoms with van der Waals surface area (Å²) in [6.45, 7) is 14.1. The van der Waals surface area contributed by atoms with E-state index in [0.29, 0.717) is 11.6 Å². The van der Waals surface area contributed by atoms with Crippen molar-refractivity contribution in [1.29, 1.82) is 0 Å². The number of nitrogens with zero attached hydrogens (tertiary/aromatic N) is 1. The van der Waals surface area contributed by atoms with Crippen molar-refractivity contribution in [3.8, 4) is 0 Å². The fraction of sp³-hybridized carbons (Fsp3) is 1.00. The van der Waals surface area contributed by atoms with Crippen LogP contribution in [0.15, 0.2) is 0 Å². The monoisotopic (exact) mass is 240 g/mol.